The number of carbonyl (C=O) groups is 3. The summed E-state index contributed by atoms with van der Waals surface area (Å²) in [5.74, 6) is -0.207. The highest BCUT2D eigenvalue weighted by atomic mass is 16.2. The van der Waals surface area contributed by atoms with Gasteiger partial charge in [-0.3, -0.25) is 19.7 Å². The van der Waals surface area contributed by atoms with Crippen molar-refractivity contribution in [3.05, 3.63) is 76.5 Å². The predicted molar refractivity (Wildman–Crippen MR) is 135 cm³/mol. The van der Waals surface area contributed by atoms with Gasteiger partial charge in [0.1, 0.15) is 12.2 Å². The standard InChI is InChI=1S/C28H31N5O3/c1-32-16-23(30-26(32)20-4-2-3-18(13-20)17-9-11-29-12-10-17)19-5-6-22-21(14-19)15-33(28(22)36)24-7-8-25(34)31-27(24)35/h2-6,13-14,16-17,24,26,29-30H,7-12,15H2,1H3,(H,31,34,35). The first-order valence-corrected chi connectivity index (χ1v) is 12.8. The SMILES string of the molecule is CN1C=C(c2ccc3c(c2)CN(C2CCC(=O)NC2=O)C3=O)NC1c1cccc(C2CCNCC2)c1. The van der Waals surface area contributed by atoms with Crippen molar-refractivity contribution in [1.29, 1.82) is 0 Å². The number of piperidine rings is 2. The van der Waals surface area contributed by atoms with Crippen molar-refractivity contribution in [2.45, 2.75) is 50.4 Å². The lowest BCUT2D eigenvalue weighted by Gasteiger charge is -2.29. The Bertz CT molecular complexity index is 1270. The molecule has 2 aromatic carbocycles. The van der Waals surface area contributed by atoms with Crippen LogP contribution in [-0.4, -0.2) is 53.7 Å². The van der Waals surface area contributed by atoms with Gasteiger partial charge in [0.05, 0.1) is 5.70 Å². The summed E-state index contributed by atoms with van der Waals surface area (Å²) >= 11 is 0. The van der Waals surface area contributed by atoms with Crippen LogP contribution in [0, 0.1) is 0 Å². The topological polar surface area (TPSA) is 93.8 Å². The summed E-state index contributed by atoms with van der Waals surface area (Å²) < 4.78 is 0. The maximum atomic E-state index is 13.0. The van der Waals surface area contributed by atoms with E-state index in [4.69, 9.17) is 0 Å². The number of hydrogen-bond donors (Lipinski definition) is 3. The number of benzene rings is 2. The van der Waals surface area contributed by atoms with Crippen LogP contribution in [0.15, 0.2) is 48.7 Å². The molecule has 2 atom stereocenters. The van der Waals surface area contributed by atoms with E-state index in [0.29, 0.717) is 24.4 Å². The van der Waals surface area contributed by atoms with Gasteiger partial charge >= 0.3 is 0 Å². The van der Waals surface area contributed by atoms with E-state index >= 15 is 0 Å². The number of carbonyl (C=O) groups excluding carboxylic acids is 3. The molecule has 0 aliphatic carbocycles. The zero-order chi connectivity index (χ0) is 24.8. The third-order valence-electron chi connectivity index (χ3n) is 7.90. The van der Waals surface area contributed by atoms with Crippen molar-refractivity contribution in [3.63, 3.8) is 0 Å². The van der Waals surface area contributed by atoms with Crippen LogP contribution in [0.5, 0.6) is 0 Å². The Morgan fingerprint density at radius 1 is 0.944 bits per heavy atom. The van der Waals surface area contributed by atoms with Gasteiger partial charge in [0.2, 0.25) is 11.8 Å². The maximum Gasteiger partial charge on any atom is 0.255 e. The summed E-state index contributed by atoms with van der Waals surface area (Å²) in [5, 5.41) is 9.47. The summed E-state index contributed by atoms with van der Waals surface area (Å²) in [6.45, 7) is 2.52. The second kappa shape index (κ2) is 9.09. The van der Waals surface area contributed by atoms with Gasteiger partial charge in [-0.1, -0.05) is 30.3 Å². The van der Waals surface area contributed by atoms with Crippen LogP contribution in [0.3, 0.4) is 0 Å². The molecule has 3 N–H and O–H groups in total. The molecule has 8 heteroatoms. The lowest BCUT2D eigenvalue weighted by molar-refractivity contribution is -0.136. The Morgan fingerprint density at radius 3 is 2.56 bits per heavy atom. The molecule has 2 fully saturated rings. The fourth-order valence-corrected chi connectivity index (χ4v) is 5.92. The summed E-state index contributed by atoms with van der Waals surface area (Å²) in [7, 11) is 2.07. The molecular weight excluding hydrogens is 454 g/mol. The number of nitrogens with zero attached hydrogens (tertiary/aromatic N) is 2. The first-order chi connectivity index (χ1) is 17.5. The van der Waals surface area contributed by atoms with Crippen LogP contribution in [0.2, 0.25) is 0 Å². The zero-order valence-corrected chi connectivity index (χ0v) is 20.4. The van der Waals surface area contributed by atoms with Crippen LogP contribution in [-0.2, 0) is 16.1 Å². The Morgan fingerprint density at radius 2 is 1.75 bits per heavy atom. The average Bonchev–Trinajstić information content (AvgIpc) is 3.44. The highest BCUT2D eigenvalue weighted by molar-refractivity contribution is 6.05. The van der Waals surface area contributed by atoms with Gasteiger partial charge in [-0.2, -0.15) is 0 Å². The first kappa shape index (κ1) is 22.8. The number of rotatable bonds is 4. The number of amides is 3. The van der Waals surface area contributed by atoms with Gasteiger partial charge in [0, 0.05) is 31.8 Å². The Labute approximate surface area is 210 Å². The van der Waals surface area contributed by atoms with Gasteiger partial charge in [-0.05, 0) is 72.7 Å². The van der Waals surface area contributed by atoms with Gasteiger partial charge in [0.15, 0.2) is 0 Å². The van der Waals surface area contributed by atoms with Gasteiger partial charge in [-0.15, -0.1) is 0 Å². The minimum Gasteiger partial charge on any atom is -0.360 e. The van der Waals surface area contributed by atoms with E-state index < -0.39 is 6.04 Å². The Kier molecular flexibility index (Phi) is 5.76. The predicted octanol–water partition coefficient (Wildman–Crippen LogP) is 2.45. The van der Waals surface area contributed by atoms with E-state index in [-0.39, 0.29) is 30.3 Å². The Hall–Kier alpha value is -3.65. The third kappa shape index (κ3) is 4.05. The van der Waals surface area contributed by atoms with Crippen molar-refractivity contribution in [3.8, 4) is 0 Å². The van der Waals surface area contributed by atoms with Gasteiger partial charge < -0.3 is 20.4 Å². The molecule has 0 bridgehead atoms. The molecule has 186 valence electrons. The summed E-state index contributed by atoms with van der Waals surface area (Å²) in [6.07, 6.45) is 5.11. The number of fused-ring (bicyclic) bond motifs is 1. The molecule has 8 nitrogen and oxygen atoms in total. The number of hydrogen-bond acceptors (Lipinski definition) is 6. The summed E-state index contributed by atoms with van der Waals surface area (Å²) in [6, 6.07) is 14.2. The summed E-state index contributed by atoms with van der Waals surface area (Å²) in [5.41, 5.74) is 6.19. The van der Waals surface area contributed by atoms with E-state index in [1.54, 1.807) is 4.90 Å². The van der Waals surface area contributed by atoms with E-state index in [0.717, 1.165) is 29.9 Å². The lowest BCUT2D eigenvalue weighted by Crippen LogP contribution is -2.52. The molecule has 2 aromatic rings. The van der Waals surface area contributed by atoms with Gasteiger partial charge in [0.25, 0.3) is 5.91 Å². The van der Waals surface area contributed by atoms with Crippen molar-refractivity contribution >= 4 is 23.4 Å². The average molecular weight is 486 g/mol. The third-order valence-corrected chi connectivity index (χ3v) is 7.90. The molecule has 0 spiro atoms. The zero-order valence-electron chi connectivity index (χ0n) is 20.4. The molecule has 0 aromatic heterocycles. The lowest BCUT2D eigenvalue weighted by atomic mass is 9.89. The number of imide groups is 1. The van der Waals surface area contributed by atoms with Gasteiger partial charge in [-0.25, -0.2) is 0 Å². The molecule has 0 saturated carbocycles. The molecule has 2 unspecified atom stereocenters. The largest absolute Gasteiger partial charge is 0.360 e. The minimum atomic E-state index is -0.599. The molecule has 4 aliphatic heterocycles. The molecule has 4 heterocycles. The highest BCUT2D eigenvalue weighted by Gasteiger charge is 2.39. The molecule has 6 rings (SSSR count). The highest BCUT2D eigenvalue weighted by Crippen LogP contribution is 2.34. The number of nitrogens with one attached hydrogen (secondary N) is 3. The van der Waals surface area contributed by atoms with Crippen LogP contribution in [0.25, 0.3) is 5.70 Å². The minimum absolute atomic E-state index is 0.0384. The normalized spacial score (nSPS) is 24.5. The van der Waals surface area contributed by atoms with Crippen molar-refractivity contribution < 1.29 is 14.4 Å². The molecule has 36 heavy (non-hydrogen) atoms. The van der Waals surface area contributed by atoms with Crippen molar-refractivity contribution in [2.24, 2.45) is 0 Å². The molecule has 3 amide bonds. The fraction of sp³-hybridized carbons (Fsp3) is 0.393. The van der Waals surface area contributed by atoms with Crippen molar-refractivity contribution in [2.75, 3.05) is 20.1 Å². The molecule has 2 saturated heterocycles. The van der Waals surface area contributed by atoms with E-state index in [1.807, 2.05) is 18.2 Å². The monoisotopic (exact) mass is 485 g/mol. The van der Waals surface area contributed by atoms with Crippen LogP contribution in [0.1, 0.15) is 70.4 Å². The maximum absolute atomic E-state index is 13.0. The Balaban J connectivity index is 1.19. The van der Waals surface area contributed by atoms with E-state index in [2.05, 4.69) is 58.4 Å². The van der Waals surface area contributed by atoms with E-state index in [9.17, 15) is 14.4 Å². The van der Waals surface area contributed by atoms with Crippen LogP contribution < -0.4 is 16.0 Å². The fourth-order valence-electron chi connectivity index (χ4n) is 5.92. The first-order valence-electron chi connectivity index (χ1n) is 12.8. The molecule has 0 radical (unpaired) electrons. The smallest absolute Gasteiger partial charge is 0.255 e. The second-order valence-electron chi connectivity index (χ2n) is 10.2. The molecular formula is C28H31N5O3. The summed E-state index contributed by atoms with van der Waals surface area (Å²) in [4.78, 5) is 40.7. The van der Waals surface area contributed by atoms with E-state index in [1.165, 1.54) is 24.0 Å². The second-order valence-corrected chi connectivity index (χ2v) is 10.2. The quantitative estimate of drug-likeness (QED) is 0.576. The molecule has 4 aliphatic rings. The van der Waals surface area contributed by atoms with Crippen molar-refractivity contribution in [1.82, 2.24) is 25.8 Å². The van der Waals surface area contributed by atoms with Crippen LogP contribution >= 0.6 is 0 Å². The van der Waals surface area contributed by atoms with Crippen LogP contribution in [0.4, 0.5) is 0 Å².